The summed E-state index contributed by atoms with van der Waals surface area (Å²) in [7, 11) is 1.78. The Bertz CT molecular complexity index is 654. The first-order valence-corrected chi connectivity index (χ1v) is 6.29. The topological polar surface area (TPSA) is 79.8 Å². The Labute approximate surface area is 117 Å². The Morgan fingerprint density at radius 3 is 2.50 bits per heavy atom. The average molecular weight is 271 g/mol. The summed E-state index contributed by atoms with van der Waals surface area (Å²) in [6.45, 7) is 5.61. The Balaban J connectivity index is 2.25. The van der Waals surface area contributed by atoms with E-state index in [0.29, 0.717) is 5.56 Å². The van der Waals surface area contributed by atoms with Crippen LogP contribution in [0.15, 0.2) is 18.2 Å². The van der Waals surface area contributed by atoms with E-state index in [9.17, 15) is 4.79 Å². The van der Waals surface area contributed by atoms with Crippen molar-refractivity contribution in [1.29, 1.82) is 0 Å². The van der Waals surface area contributed by atoms with E-state index in [4.69, 9.17) is 0 Å². The predicted molar refractivity (Wildman–Crippen MR) is 78.0 cm³/mol. The smallest absolute Gasteiger partial charge is 0.260 e. The van der Waals surface area contributed by atoms with Crippen LogP contribution in [0.5, 0.6) is 0 Å². The molecule has 0 bridgehead atoms. The number of hydrogen-bond acceptors (Lipinski definition) is 5. The first kappa shape index (κ1) is 13.9. The molecule has 2 aromatic rings. The fraction of sp³-hybridized carbons (Fsp3) is 0.286. The molecular weight excluding hydrogens is 254 g/mol. The standard InChI is InChI=1S/C14H17N5O/c1-8-5-6-11(12(7-8)15-4)13(20)17-14-16-9(2)10(3)18-19-14/h5-7,15H,1-4H3,(H,16,17,19,20). The molecular formula is C14H17N5O. The number of nitrogens with zero attached hydrogens (tertiary/aromatic N) is 3. The highest BCUT2D eigenvalue weighted by atomic mass is 16.1. The minimum absolute atomic E-state index is 0.209. The van der Waals surface area contributed by atoms with Crippen LogP contribution in [0.4, 0.5) is 11.6 Å². The molecule has 0 saturated carbocycles. The third-order valence-electron chi connectivity index (χ3n) is 3.01. The van der Waals surface area contributed by atoms with Crippen molar-refractivity contribution in [2.75, 3.05) is 17.7 Å². The summed E-state index contributed by atoms with van der Waals surface area (Å²) in [5.74, 6) is -0.0554. The van der Waals surface area contributed by atoms with Crippen LogP contribution in [-0.4, -0.2) is 28.1 Å². The second-order valence-electron chi connectivity index (χ2n) is 4.56. The average Bonchev–Trinajstić information content (AvgIpc) is 2.42. The number of aromatic nitrogens is 3. The maximum Gasteiger partial charge on any atom is 0.260 e. The maximum absolute atomic E-state index is 12.2. The number of benzene rings is 1. The van der Waals surface area contributed by atoms with Crippen molar-refractivity contribution < 1.29 is 4.79 Å². The zero-order valence-corrected chi connectivity index (χ0v) is 12.0. The SMILES string of the molecule is CNc1cc(C)ccc1C(=O)Nc1nnc(C)c(C)n1. The molecule has 1 heterocycles. The van der Waals surface area contributed by atoms with E-state index >= 15 is 0 Å². The molecule has 0 aliphatic rings. The number of amides is 1. The summed E-state index contributed by atoms with van der Waals surface area (Å²) in [4.78, 5) is 16.4. The molecule has 0 fully saturated rings. The molecule has 0 unspecified atom stereocenters. The Hall–Kier alpha value is -2.50. The van der Waals surface area contributed by atoms with Crippen molar-refractivity contribution in [3.8, 4) is 0 Å². The third-order valence-corrected chi connectivity index (χ3v) is 3.01. The molecule has 0 spiro atoms. The van der Waals surface area contributed by atoms with Gasteiger partial charge in [-0.05, 0) is 38.5 Å². The van der Waals surface area contributed by atoms with Gasteiger partial charge in [-0.2, -0.15) is 5.10 Å². The number of anilines is 2. The van der Waals surface area contributed by atoms with Gasteiger partial charge in [-0.15, -0.1) is 5.10 Å². The van der Waals surface area contributed by atoms with E-state index in [1.807, 2.05) is 32.9 Å². The van der Waals surface area contributed by atoms with E-state index < -0.39 is 0 Å². The van der Waals surface area contributed by atoms with Gasteiger partial charge in [0.15, 0.2) is 0 Å². The summed E-state index contributed by atoms with van der Waals surface area (Å²) >= 11 is 0. The van der Waals surface area contributed by atoms with Crippen LogP contribution in [0, 0.1) is 20.8 Å². The van der Waals surface area contributed by atoms with Crippen LogP contribution in [0.2, 0.25) is 0 Å². The number of rotatable bonds is 3. The minimum Gasteiger partial charge on any atom is -0.387 e. The van der Waals surface area contributed by atoms with Crippen LogP contribution in [-0.2, 0) is 0 Å². The second kappa shape index (κ2) is 5.64. The van der Waals surface area contributed by atoms with Gasteiger partial charge in [-0.25, -0.2) is 4.98 Å². The third kappa shape index (κ3) is 2.90. The lowest BCUT2D eigenvalue weighted by Crippen LogP contribution is -2.17. The zero-order valence-electron chi connectivity index (χ0n) is 12.0. The van der Waals surface area contributed by atoms with Crippen LogP contribution in [0.25, 0.3) is 0 Å². The highest BCUT2D eigenvalue weighted by Crippen LogP contribution is 2.18. The van der Waals surface area contributed by atoms with Gasteiger partial charge in [0.2, 0.25) is 5.95 Å². The van der Waals surface area contributed by atoms with E-state index in [1.54, 1.807) is 13.1 Å². The highest BCUT2D eigenvalue weighted by Gasteiger charge is 2.13. The van der Waals surface area contributed by atoms with Gasteiger partial charge in [0.1, 0.15) is 0 Å². The van der Waals surface area contributed by atoms with Crippen molar-refractivity contribution in [3.05, 3.63) is 40.7 Å². The van der Waals surface area contributed by atoms with Crippen molar-refractivity contribution in [1.82, 2.24) is 15.2 Å². The zero-order chi connectivity index (χ0) is 14.7. The van der Waals surface area contributed by atoms with E-state index in [2.05, 4.69) is 25.8 Å². The Morgan fingerprint density at radius 2 is 1.85 bits per heavy atom. The van der Waals surface area contributed by atoms with Crippen molar-refractivity contribution >= 4 is 17.5 Å². The minimum atomic E-state index is -0.264. The van der Waals surface area contributed by atoms with E-state index in [0.717, 1.165) is 22.6 Å². The lowest BCUT2D eigenvalue weighted by Gasteiger charge is -2.10. The van der Waals surface area contributed by atoms with Crippen LogP contribution in [0.3, 0.4) is 0 Å². The van der Waals surface area contributed by atoms with E-state index in [1.165, 1.54) is 0 Å². The van der Waals surface area contributed by atoms with Gasteiger partial charge in [0.25, 0.3) is 5.91 Å². The molecule has 2 N–H and O–H groups in total. The normalized spacial score (nSPS) is 10.2. The lowest BCUT2D eigenvalue weighted by atomic mass is 10.1. The van der Waals surface area contributed by atoms with Crippen LogP contribution >= 0.6 is 0 Å². The molecule has 1 amide bonds. The molecule has 2 rings (SSSR count). The first-order chi connectivity index (χ1) is 9.51. The molecule has 0 atom stereocenters. The summed E-state index contributed by atoms with van der Waals surface area (Å²) in [6, 6.07) is 5.56. The number of nitrogens with one attached hydrogen (secondary N) is 2. The van der Waals surface area contributed by atoms with E-state index in [-0.39, 0.29) is 11.9 Å². The summed E-state index contributed by atoms with van der Waals surface area (Å²) in [5, 5.41) is 13.5. The molecule has 104 valence electrons. The van der Waals surface area contributed by atoms with Crippen LogP contribution < -0.4 is 10.6 Å². The number of carbonyl (C=O) groups is 1. The molecule has 1 aromatic carbocycles. The monoisotopic (exact) mass is 271 g/mol. The van der Waals surface area contributed by atoms with Crippen molar-refractivity contribution in [2.24, 2.45) is 0 Å². The van der Waals surface area contributed by atoms with Gasteiger partial charge < -0.3 is 5.32 Å². The van der Waals surface area contributed by atoms with Crippen LogP contribution in [0.1, 0.15) is 27.3 Å². The molecule has 6 nitrogen and oxygen atoms in total. The quantitative estimate of drug-likeness (QED) is 0.893. The fourth-order valence-electron chi connectivity index (χ4n) is 1.74. The number of carbonyl (C=O) groups excluding carboxylic acids is 1. The van der Waals surface area contributed by atoms with Gasteiger partial charge in [-0.3, -0.25) is 10.1 Å². The Morgan fingerprint density at radius 1 is 1.10 bits per heavy atom. The summed E-state index contributed by atoms with van der Waals surface area (Å²) in [6.07, 6.45) is 0. The molecule has 6 heteroatoms. The van der Waals surface area contributed by atoms with Gasteiger partial charge in [0.05, 0.1) is 17.0 Å². The molecule has 1 aromatic heterocycles. The van der Waals surface area contributed by atoms with Crippen molar-refractivity contribution in [2.45, 2.75) is 20.8 Å². The molecule has 0 aliphatic carbocycles. The largest absolute Gasteiger partial charge is 0.387 e. The molecule has 0 aliphatic heterocycles. The Kier molecular flexibility index (Phi) is 3.93. The fourth-order valence-corrected chi connectivity index (χ4v) is 1.74. The highest BCUT2D eigenvalue weighted by molar-refractivity contribution is 6.07. The maximum atomic E-state index is 12.2. The molecule has 20 heavy (non-hydrogen) atoms. The predicted octanol–water partition coefficient (Wildman–Crippen LogP) is 2.09. The van der Waals surface area contributed by atoms with Gasteiger partial charge in [0, 0.05) is 12.7 Å². The first-order valence-electron chi connectivity index (χ1n) is 6.29. The van der Waals surface area contributed by atoms with Gasteiger partial charge in [-0.1, -0.05) is 6.07 Å². The molecule has 0 saturated heterocycles. The summed E-state index contributed by atoms with van der Waals surface area (Å²) < 4.78 is 0. The second-order valence-corrected chi connectivity index (χ2v) is 4.56. The lowest BCUT2D eigenvalue weighted by molar-refractivity contribution is 0.102. The number of aryl methyl sites for hydroxylation is 3. The summed E-state index contributed by atoms with van der Waals surface area (Å²) in [5.41, 5.74) is 3.87. The van der Waals surface area contributed by atoms with Gasteiger partial charge >= 0.3 is 0 Å². The molecule has 0 radical (unpaired) electrons. The van der Waals surface area contributed by atoms with Crippen molar-refractivity contribution in [3.63, 3.8) is 0 Å². The number of hydrogen-bond donors (Lipinski definition) is 2.